The van der Waals surface area contributed by atoms with Crippen molar-refractivity contribution in [3.8, 4) is 0 Å². The van der Waals surface area contributed by atoms with Crippen LogP contribution in [0, 0.1) is 11.8 Å². The highest BCUT2D eigenvalue weighted by molar-refractivity contribution is 7.14. The minimum Gasteiger partial charge on any atom is -0.369 e. The predicted octanol–water partition coefficient (Wildman–Crippen LogP) is 2.21. The Bertz CT molecular complexity index is 567. The van der Waals surface area contributed by atoms with Crippen molar-refractivity contribution < 1.29 is 9.59 Å². The van der Waals surface area contributed by atoms with Gasteiger partial charge in [0.25, 0.3) is 5.91 Å². The highest BCUT2D eigenvalue weighted by Gasteiger charge is 2.31. The van der Waals surface area contributed by atoms with Gasteiger partial charge in [-0.3, -0.25) is 9.59 Å². The lowest BCUT2D eigenvalue weighted by molar-refractivity contribution is -0.121. The second-order valence-electron chi connectivity index (χ2n) is 6.22. The number of primary amides is 1. The summed E-state index contributed by atoms with van der Waals surface area (Å²) < 4.78 is 0. The molecule has 1 aromatic rings. The normalized spacial score (nSPS) is 24.9. The third kappa shape index (κ3) is 2.84. The van der Waals surface area contributed by atoms with Crippen LogP contribution in [0.2, 0.25) is 0 Å². The van der Waals surface area contributed by atoms with Crippen molar-refractivity contribution in [2.24, 2.45) is 17.6 Å². The Morgan fingerprint density at radius 2 is 2.24 bits per heavy atom. The Balaban J connectivity index is 1.72. The molecule has 2 amide bonds. The number of nitrogens with two attached hydrogens (primary N) is 1. The van der Waals surface area contributed by atoms with Gasteiger partial charge in [0.2, 0.25) is 5.91 Å². The van der Waals surface area contributed by atoms with Crippen molar-refractivity contribution >= 4 is 23.2 Å². The van der Waals surface area contributed by atoms with Crippen LogP contribution in [0.15, 0.2) is 6.07 Å². The average Bonchev–Trinajstić information content (AvgIpc) is 3.12. The molecule has 0 spiro atoms. The summed E-state index contributed by atoms with van der Waals surface area (Å²) in [6.07, 6.45) is 5.37. The van der Waals surface area contributed by atoms with Crippen LogP contribution < -0.4 is 5.73 Å². The molecule has 2 aliphatic rings. The maximum Gasteiger partial charge on any atom is 0.263 e. The van der Waals surface area contributed by atoms with Gasteiger partial charge in [-0.1, -0.05) is 13.3 Å². The number of thiophene rings is 1. The van der Waals surface area contributed by atoms with Crippen LogP contribution in [0.1, 0.15) is 46.3 Å². The highest BCUT2D eigenvalue weighted by atomic mass is 32.1. The number of amides is 2. The molecule has 2 heterocycles. The van der Waals surface area contributed by atoms with Crippen molar-refractivity contribution in [2.75, 3.05) is 13.1 Å². The molecule has 2 N–H and O–H groups in total. The first-order valence-electron chi connectivity index (χ1n) is 7.78. The zero-order valence-corrected chi connectivity index (χ0v) is 13.2. The first-order chi connectivity index (χ1) is 10.1. The van der Waals surface area contributed by atoms with Crippen LogP contribution in [0.5, 0.6) is 0 Å². The van der Waals surface area contributed by atoms with Gasteiger partial charge in [0, 0.05) is 18.0 Å². The molecule has 0 saturated carbocycles. The molecule has 2 atom stereocenters. The van der Waals surface area contributed by atoms with Gasteiger partial charge in [-0.2, -0.15) is 0 Å². The highest BCUT2D eigenvalue weighted by Crippen LogP contribution is 2.34. The van der Waals surface area contributed by atoms with E-state index in [9.17, 15) is 9.59 Å². The molecule has 0 bridgehead atoms. The largest absolute Gasteiger partial charge is 0.369 e. The van der Waals surface area contributed by atoms with Gasteiger partial charge < -0.3 is 10.6 Å². The van der Waals surface area contributed by atoms with Gasteiger partial charge in [-0.05, 0) is 43.2 Å². The molecule has 1 saturated heterocycles. The van der Waals surface area contributed by atoms with E-state index < -0.39 is 0 Å². The van der Waals surface area contributed by atoms with Crippen molar-refractivity contribution in [3.05, 3.63) is 21.4 Å². The molecule has 1 aromatic heterocycles. The Kier molecular flexibility index (Phi) is 4.02. The molecule has 1 aliphatic carbocycles. The molecular formula is C16H22N2O2S. The molecule has 0 radical (unpaired) electrons. The smallest absolute Gasteiger partial charge is 0.263 e. The van der Waals surface area contributed by atoms with E-state index in [2.05, 4.69) is 13.0 Å². The topological polar surface area (TPSA) is 63.4 Å². The van der Waals surface area contributed by atoms with E-state index in [4.69, 9.17) is 5.73 Å². The van der Waals surface area contributed by atoms with Crippen LogP contribution in [-0.2, 0) is 17.6 Å². The quantitative estimate of drug-likeness (QED) is 0.930. The maximum atomic E-state index is 12.6. The number of hydrogen-bond acceptors (Lipinski definition) is 3. The van der Waals surface area contributed by atoms with E-state index in [-0.39, 0.29) is 17.7 Å². The minimum absolute atomic E-state index is 0.0752. The van der Waals surface area contributed by atoms with E-state index in [1.54, 1.807) is 16.2 Å². The Morgan fingerprint density at radius 3 is 2.90 bits per heavy atom. The van der Waals surface area contributed by atoms with Gasteiger partial charge in [-0.15, -0.1) is 11.3 Å². The van der Waals surface area contributed by atoms with Crippen molar-refractivity contribution in [3.63, 3.8) is 0 Å². The fourth-order valence-corrected chi connectivity index (χ4v) is 4.56. The average molecular weight is 306 g/mol. The van der Waals surface area contributed by atoms with Crippen LogP contribution in [-0.4, -0.2) is 29.8 Å². The summed E-state index contributed by atoms with van der Waals surface area (Å²) in [6, 6.07) is 2.09. The van der Waals surface area contributed by atoms with E-state index in [0.717, 1.165) is 23.6 Å². The van der Waals surface area contributed by atoms with Crippen molar-refractivity contribution in [1.29, 1.82) is 0 Å². The molecule has 3 rings (SSSR count). The minimum atomic E-state index is -0.290. The van der Waals surface area contributed by atoms with Gasteiger partial charge in [0.1, 0.15) is 0 Å². The predicted molar refractivity (Wildman–Crippen MR) is 83.3 cm³/mol. The Labute approximate surface area is 129 Å². The summed E-state index contributed by atoms with van der Waals surface area (Å²) >= 11 is 1.65. The van der Waals surface area contributed by atoms with Crippen LogP contribution in [0.3, 0.4) is 0 Å². The van der Waals surface area contributed by atoms with E-state index in [1.165, 1.54) is 23.3 Å². The van der Waals surface area contributed by atoms with Gasteiger partial charge in [-0.25, -0.2) is 0 Å². The van der Waals surface area contributed by atoms with Crippen LogP contribution >= 0.6 is 11.3 Å². The van der Waals surface area contributed by atoms with E-state index in [1.807, 2.05) is 0 Å². The molecule has 4 nitrogen and oxygen atoms in total. The molecule has 5 heteroatoms. The van der Waals surface area contributed by atoms with Crippen LogP contribution in [0.4, 0.5) is 0 Å². The SMILES string of the molecule is CC[C@@H]1CCc2sc(C(=O)N3CC[C@@H](C(N)=O)C3)cc2C1. The third-order valence-corrected chi connectivity index (χ3v) is 6.08. The number of fused-ring (bicyclic) bond motifs is 1. The lowest BCUT2D eigenvalue weighted by Gasteiger charge is -2.19. The number of likely N-dealkylation sites (tertiary alicyclic amines) is 1. The fourth-order valence-electron chi connectivity index (χ4n) is 3.39. The number of nitrogens with zero attached hydrogens (tertiary/aromatic N) is 1. The third-order valence-electron chi connectivity index (χ3n) is 4.85. The van der Waals surface area contributed by atoms with Gasteiger partial charge in [0.05, 0.1) is 10.8 Å². The zero-order valence-electron chi connectivity index (χ0n) is 12.4. The first kappa shape index (κ1) is 14.6. The standard InChI is InChI=1S/C16H22N2O2S/c1-2-10-3-4-13-12(7-10)8-14(21-13)16(20)18-6-5-11(9-18)15(17)19/h8,10-11H,2-7,9H2,1H3,(H2,17,19)/t10-,11-/m1/s1. The monoisotopic (exact) mass is 306 g/mol. The number of hydrogen-bond donors (Lipinski definition) is 1. The number of carbonyl (C=O) groups excluding carboxylic acids is 2. The first-order valence-corrected chi connectivity index (χ1v) is 8.60. The molecule has 1 fully saturated rings. The summed E-state index contributed by atoms with van der Waals surface area (Å²) in [6.45, 7) is 3.36. The summed E-state index contributed by atoms with van der Waals surface area (Å²) in [5.41, 5.74) is 6.70. The van der Waals surface area contributed by atoms with Gasteiger partial charge >= 0.3 is 0 Å². The summed E-state index contributed by atoms with van der Waals surface area (Å²) in [7, 11) is 0. The molecular weight excluding hydrogens is 284 g/mol. The fraction of sp³-hybridized carbons (Fsp3) is 0.625. The lowest BCUT2D eigenvalue weighted by atomic mass is 9.87. The molecule has 114 valence electrons. The van der Waals surface area contributed by atoms with E-state index in [0.29, 0.717) is 19.5 Å². The Morgan fingerprint density at radius 1 is 1.43 bits per heavy atom. The van der Waals surface area contributed by atoms with Crippen LogP contribution in [0.25, 0.3) is 0 Å². The molecule has 0 aromatic carbocycles. The molecule has 0 unspecified atom stereocenters. The van der Waals surface area contributed by atoms with E-state index >= 15 is 0 Å². The number of rotatable bonds is 3. The second-order valence-corrected chi connectivity index (χ2v) is 7.35. The zero-order chi connectivity index (χ0) is 15.0. The second kappa shape index (κ2) is 5.79. The summed E-state index contributed by atoms with van der Waals surface area (Å²) in [4.78, 5) is 27.8. The number of carbonyl (C=O) groups is 2. The Hall–Kier alpha value is -1.36. The van der Waals surface area contributed by atoms with Crippen molar-refractivity contribution in [2.45, 2.75) is 39.0 Å². The molecule has 1 aliphatic heterocycles. The summed E-state index contributed by atoms with van der Waals surface area (Å²) in [5.74, 6) is 0.377. The molecule has 21 heavy (non-hydrogen) atoms. The number of aryl methyl sites for hydroxylation is 1. The van der Waals surface area contributed by atoms with Crippen molar-refractivity contribution in [1.82, 2.24) is 4.90 Å². The maximum absolute atomic E-state index is 12.6. The van der Waals surface area contributed by atoms with Gasteiger partial charge in [0.15, 0.2) is 0 Å². The lowest BCUT2D eigenvalue weighted by Crippen LogP contribution is -2.31. The summed E-state index contributed by atoms with van der Waals surface area (Å²) in [5, 5.41) is 0.